The van der Waals surface area contributed by atoms with Gasteiger partial charge in [-0.1, -0.05) is 42.0 Å². The molecule has 1 saturated heterocycles. The first-order chi connectivity index (χ1) is 15.1. The molecule has 2 aliphatic rings. The van der Waals surface area contributed by atoms with Crippen LogP contribution in [0, 0.1) is 24.2 Å². The van der Waals surface area contributed by atoms with Crippen molar-refractivity contribution in [2.24, 2.45) is 5.92 Å². The molecular formula is C26H24N4O. The van der Waals surface area contributed by atoms with Crippen LogP contribution in [0.25, 0.3) is 22.4 Å². The highest BCUT2D eigenvalue weighted by Gasteiger charge is 2.33. The summed E-state index contributed by atoms with van der Waals surface area (Å²) in [6, 6.07) is 18.1. The van der Waals surface area contributed by atoms with Gasteiger partial charge in [-0.3, -0.25) is 9.78 Å². The third-order valence-electron chi connectivity index (χ3n) is 6.31. The molecule has 2 aromatic carbocycles. The van der Waals surface area contributed by atoms with Crippen LogP contribution in [0.15, 0.2) is 54.7 Å². The minimum Gasteiger partial charge on any atom is -0.316 e. The predicted octanol–water partition coefficient (Wildman–Crippen LogP) is 4.09. The highest BCUT2D eigenvalue weighted by Crippen LogP contribution is 2.42. The maximum atomic E-state index is 13.0. The molecule has 5 nitrogen and oxygen atoms in total. The summed E-state index contributed by atoms with van der Waals surface area (Å²) in [5.41, 5.74) is 7.64. The van der Waals surface area contributed by atoms with E-state index in [4.69, 9.17) is 4.98 Å². The van der Waals surface area contributed by atoms with Crippen molar-refractivity contribution in [3.05, 3.63) is 71.4 Å². The Kier molecular flexibility index (Phi) is 5.01. The number of anilines is 1. The van der Waals surface area contributed by atoms with Crippen LogP contribution in [0.5, 0.6) is 0 Å². The Morgan fingerprint density at radius 3 is 2.55 bits per heavy atom. The van der Waals surface area contributed by atoms with Crippen LogP contribution in [-0.4, -0.2) is 30.5 Å². The summed E-state index contributed by atoms with van der Waals surface area (Å²) in [5, 5.41) is 12.6. The van der Waals surface area contributed by atoms with Crippen molar-refractivity contribution in [1.29, 1.82) is 5.26 Å². The van der Waals surface area contributed by atoms with Crippen LogP contribution in [0.2, 0.25) is 0 Å². The molecule has 0 saturated carbocycles. The molecule has 31 heavy (non-hydrogen) atoms. The van der Waals surface area contributed by atoms with Gasteiger partial charge in [0, 0.05) is 17.7 Å². The molecule has 5 heteroatoms. The average molecular weight is 409 g/mol. The van der Waals surface area contributed by atoms with Gasteiger partial charge in [0.05, 0.1) is 35.6 Å². The van der Waals surface area contributed by atoms with Crippen molar-refractivity contribution in [2.45, 2.75) is 19.8 Å². The van der Waals surface area contributed by atoms with Crippen molar-refractivity contribution in [3.8, 4) is 28.5 Å². The molecule has 0 aliphatic carbocycles. The van der Waals surface area contributed by atoms with E-state index >= 15 is 0 Å². The molecular weight excluding hydrogens is 384 g/mol. The number of nitrogens with one attached hydrogen (secondary N) is 1. The van der Waals surface area contributed by atoms with Gasteiger partial charge in [0.25, 0.3) is 0 Å². The van der Waals surface area contributed by atoms with Gasteiger partial charge in [-0.15, -0.1) is 0 Å². The molecule has 1 unspecified atom stereocenters. The van der Waals surface area contributed by atoms with Crippen molar-refractivity contribution < 1.29 is 4.79 Å². The smallest absolute Gasteiger partial charge is 0.231 e. The molecule has 1 atom stereocenters. The minimum atomic E-state index is 0.139. The number of rotatable bonds is 4. The summed E-state index contributed by atoms with van der Waals surface area (Å²) >= 11 is 0. The molecule has 5 rings (SSSR count). The number of amides is 1. The van der Waals surface area contributed by atoms with E-state index in [1.54, 1.807) is 0 Å². The average Bonchev–Trinajstić information content (AvgIpc) is 3.42. The van der Waals surface area contributed by atoms with Crippen molar-refractivity contribution in [3.63, 3.8) is 0 Å². The number of fused-ring (bicyclic) bond motifs is 1. The Hall–Kier alpha value is -3.49. The second kappa shape index (κ2) is 7.98. The summed E-state index contributed by atoms with van der Waals surface area (Å²) in [7, 11) is 0. The lowest BCUT2D eigenvalue weighted by Crippen LogP contribution is -2.33. The second-order valence-corrected chi connectivity index (χ2v) is 8.44. The fourth-order valence-electron chi connectivity index (χ4n) is 4.61. The number of nitrogens with zero attached hydrogens (tertiary/aromatic N) is 3. The van der Waals surface area contributed by atoms with Crippen LogP contribution < -0.4 is 10.2 Å². The Morgan fingerprint density at radius 2 is 1.87 bits per heavy atom. The van der Waals surface area contributed by atoms with Crippen molar-refractivity contribution >= 4 is 11.6 Å². The second-order valence-electron chi connectivity index (χ2n) is 8.44. The number of hydrogen-bond donors (Lipinski definition) is 1. The molecule has 0 spiro atoms. The van der Waals surface area contributed by atoms with E-state index in [2.05, 4.69) is 42.6 Å². The van der Waals surface area contributed by atoms with Gasteiger partial charge in [0.2, 0.25) is 5.91 Å². The maximum absolute atomic E-state index is 13.0. The zero-order chi connectivity index (χ0) is 21.4. The number of pyridine rings is 1. The lowest BCUT2D eigenvalue weighted by atomic mass is 9.92. The summed E-state index contributed by atoms with van der Waals surface area (Å²) in [6.45, 7) is 4.77. The van der Waals surface area contributed by atoms with Crippen LogP contribution in [-0.2, 0) is 11.2 Å². The predicted molar refractivity (Wildman–Crippen MR) is 122 cm³/mol. The Bertz CT molecular complexity index is 1170. The number of aryl methyl sites for hydroxylation is 1. The number of benzene rings is 2. The van der Waals surface area contributed by atoms with Crippen LogP contribution in [0.3, 0.4) is 0 Å². The molecule has 1 fully saturated rings. The number of hydrogen-bond acceptors (Lipinski definition) is 4. The van der Waals surface area contributed by atoms with E-state index in [0.717, 1.165) is 59.7 Å². The highest BCUT2D eigenvalue weighted by atomic mass is 16.2. The summed E-state index contributed by atoms with van der Waals surface area (Å²) in [4.78, 5) is 19.8. The molecule has 2 aliphatic heterocycles. The SMILES string of the molecule is Cc1ccc(-c2ncc3c(c2-c2ccc(C#N)cc2)CC(=O)N3CC2CCNC2)cc1. The van der Waals surface area contributed by atoms with E-state index in [-0.39, 0.29) is 5.91 Å². The fourth-order valence-corrected chi connectivity index (χ4v) is 4.61. The van der Waals surface area contributed by atoms with Gasteiger partial charge >= 0.3 is 0 Å². The lowest BCUT2D eigenvalue weighted by molar-refractivity contribution is -0.117. The third-order valence-corrected chi connectivity index (χ3v) is 6.31. The van der Waals surface area contributed by atoms with Gasteiger partial charge in [-0.25, -0.2) is 0 Å². The third kappa shape index (κ3) is 3.60. The maximum Gasteiger partial charge on any atom is 0.231 e. The van der Waals surface area contributed by atoms with Gasteiger partial charge < -0.3 is 10.2 Å². The quantitative estimate of drug-likeness (QED) is 0.706. The van der Waals surface area contributed by atoms with Gasteiger partial charge in [-0.2, -0.15) is 5.26 Å². The van der Waals surface area contributed by atoms with Crippen LogP contribution in [0.1, 0.15) is 23.1 Å². The number of carbonyl (C=O) groups excluding carboxylic acids is 1. The molecule has 1 aromatic heterocycles. The zero-order valence-electron chi connectivity index (χ0n) is 17.6. The summed E-state index contributed by atoms with van der Waals surface area (Å²) in [5.74, 6) is 0.615. The first kappa shape index (κ1) is 19.5. The standard InChI is InChI=1S/C26H24N4O/c1-17-2-6-21(7-3-17)26-25(20-8-4-18(13-27)5-9-20)22-12-24(31)30(23(22)15-29-26)16-19-10-11-28-14-19/h2-9,15,19,28H,10-12,14,16H2,1H3. The van der Waals surface area contributed by atoms with E-state index in [9.17, 15) is 10.1 Å². The molecule has 3 heterocycles. The molecule has 3 aromatic rings. The monoisotopic (exact) mass is 408 g/mol. The molecule has 1 N–H and O–H groups in total. The molecule has 154 valence electrons. The number of carbonyl (C=O) groups is 1. The van der Waals surface area contributed by atoms with Gasteiger partial charge in [-0.05, 0) is 55.6 Å². The van der Waals surface area contributed by atoms with Gasteiger partial charge in [0.15, 0.2) is 0 Å². The first-order valence-corrected chi connectivity index (χ1v) is 10.7. The van der Waals surface area contributed by atoms with Crippen LogP contribution in [0.4, 0.5) is 5.69 Å². The zero-order valence-corrected chi connectivity index (χ0v) is 17.6. The topological polar surface area (TPSA) is 69.0 Å². The van der Waals surface area contributed by atoms with Crippen molar-refractivity contribution in [1.82, 2.24) is 10.3 Å². The number of nitriles is 1. The van der Waals surface area contributed by atoms with Crippen LogP contribution >= 0.6 is 0 Å². The van der Waals surface area contributed by atoms with E-state index < -0.39 is 0 Å². The van der Waals surface area contributed by atoms with E-state index in [0.29, 0.717) is 17.9 Å². The Morgan fingerprint density at radius 1 is 1.13 bits per heavy atom. The fraction of sp³-hybridized carbons (Fsp3) is 0.269. The Balaban J connectivity index is 1.65. The normalized spacial score (nSPS) is 17.6. The summed E-state index contributed by atoms with van der Waals surface area (Å²) in [6.07, 6.45) is 3.34. The molecule has 0 bridgehead atoms. The first-order valence-electron chi connectivity index (χ1n) is 10.7. The molecule has 1 amide bonds. The number of aromatic nitrogens is 1. The Labute approximate surface area is 182 Å². The lowest BCUT2D eigenvalue weighted by Gasteiger charge is -2.22. The van der Waals surface area contributed by atoms with Crippen molar-refractivity contribution in [2.75, 3.05) is 24.5 Å². The molecule has 0 radical (unpaired) electrons. The summed E-state index contributed by atoms with van der Waals surface area (Å²) < 4.78 is 0. The van der Waals surface area contributed by atoms with E-state index in [1.807, 2.05) is 35.4 Å². The van der Waals surface area contributed by atoms with Gasteiger partial charge in [0.1, 0.15) is 0 Å². The largest absolute Gasteiger partial charge is 0.316 e. The highest BCUT2D eigenvalue weighted by molar-refractivity contribution is 6.05. The minimum absolute atomic E-state index is 0.139. The van der Waals surface area contributed by atoms with E-state index in [1.165, 1.54) is 5.56 Å².